The van der Waals surface area contributed by atoms with E-state index in [1.807, 2.05) is 41.3 Å². The highest BCUT2D eigenvalue weighted by molar-refractivity contribution is 5.96. The average Bonchev–Trinajstić information content (AvgIpc) is 2.95. The lowest BCUT2D eigenvalue weighted by atomic mass is 10.0. The molecule has 224 valence electrons. The number of ketones is 1. The summed E-state index contributed by atoms with van der Waals surface area (Å²) in [6, 6.07) is 10.4. The van der Waals surface area contributed by atoms with Gasteiger partial charge < -0.3 is 19.7 Å². The van der Waals surface area contributed by atoms with Gasteiger partial charge in [-0.1, -0.05) is 19.8 Å². The zero-order valence-electron chi connectivity index (χ0n) is 25.1. The maximum absolute atomic E-state index is 13.4. The number of piperazine rings is 1. The van der Waals surface area contributed by atoms with Gasteiger partial charge in [-0.3, -0.25) is 19.5 Å². The lowest BCUT2D eigenvalue weighted by Crippen LogP contribution is -2.56. The topological polar surface area (TPSA) is 101 Å². The van der Waals surface area contributed by atoms with Crippen LogP contribution in [0.25, 0.3) is 0 Å². The molecule has 0 saturated carbocycles. The molecule has 1 aliphatic heterocycles. The predicted molar refractivity (Wildman–Crippen MR) is 159 cm³/mol. The van der Waals surface area contributed by atoms with Crippen molar-refractivity contribution in [3.8, 4) is 5.75 Å². The molecular weight excluding hydrogens is 520 g/mol. The van der Waals surface area contributed by atoms with Crippen LogP contribution >= 0.6 is 0 Å². The van der Waals surface area contributed by atoms with Crippen LogP contribution in [0.1, 0.15) is 75.7 Å². The van der Waals surface area contributed by atoms with Gasteiger partial charge in [0.1, 0.15) is 17.4 Å². The lowest BCUT2D eigenvalue weighted by Gasteiger charge is -2.36. The molecule has 1 atom stereocenters. The number of unbranched alkanes of at least 4 members (excludes halogenated alkanes) is 2. The zero-order valence-corrected chi connectivity index (χ0v) is 25.1. The molecule has 2 heterocycles. The fourth-order valence-corrected chi connectivity index (χ4v) is 4.71. The van der Waals surface area contributed by atoms with Crippen molar-refractivity contribution in [1.29, 1.82) is 0 Å². The molecule has 9 heteroatoms. The van der Waals surface area contributed by atoms with Crippen molar-refractivity contribution < 1.29 is 23.9 Å². The number of alkyl carbamates (subject to hydrolysis) is 1. The number of nitrogens with zero attached hydrogens (tertiary/aromatic N) is 3. The minimum atomic E-state index is -0.717. The Morgan fingerprint density at radius 1 is 0.951 bits per heavy atom. The summed E-state index contributed by atoms with van der Waals surface area (Å²) in [5.74, 6) is 0.845. The van der Waals surface area contributed by atoms with E-state index < -0.39 is 17.7 Å². The van der Waals surface area contributed by atoms with Gasteiger partial charge >= 0.3 is 6.09 Å². The van der Waals surface area contributed by atoms with Crippen LogP contribution in [0.2, 0.25) is 0 Å². The molecule has 0 radical (unpaired) electrons. The van der Waals surface area contributed by atoms with Crippen molar-refractivity contribution in [3.05, 3.63) is 59.9 Å². The van der Waals surface area contributed by atoms with Gasteiger partial charge in [0, 0.05) is 63.5 Å². The molecule has 0 unspecified atom stereocenters. The van der Waals surface area contributed by atoms with E-state index in [2.05, 4.69) is 22.1 Å². The van der Waals surface area contributed by atoms with Crippen LogP contribution in [0.5, 0.6) is 5.75 Å². The van der Waals surface area contributed by atoms with E-state index in [9.17, 15) is 14.4 Å². The molecule has 1 N–H and O–H groups in total. The quantitative estimate of drug-likeness (QED) is 0.257. The van der Waals surface area contributed by atoms with Crippen LogP contribution < -0.4 is 10.1 Å². The number of rotatable bonds is 14. The Bertz CT molecular complexity index is 1090. The number of aromatic nitrogens is 1. The van der Waals surface area contributed by atoms with Crippen molar-refractivity contribution in [3.63, 3.8) is 0 Å². The molecule has 1 saturated heterocycles. The molecule has 2 amide bonds. The minimum Gasteiger partial charge on any atom is -0.494 e. The fraction of sp³-hybridized carbons (Fsp3) is 0.562. The predicted octanol–water partition coefficient (Wildman–Crippen LogP) is 4.89. The zero-order chi connectivity index (χ0) is 29.7. The van der Waals surface area contributed by atoms with Gasteiger partial charge in [0.15, 0.2) is 5.78 Å². The molecule has 41 heavy (non-hydrogen) atoms. The van der Waals surface area contributed by atoms with Gasteiger partial charge in [0.05, 0.1) is 6.61 Å². The molecule has 1 aromatic heterocycles. The van der Waals surface area contributed by atoms with E-state index in [-0.39, 0.29) is 11.7 Å². The highest BCUT2D eigenvalue weighted by Gasteiger charge is 2.30. The van der Waals surface area contributed by atoms with E-state index >= 15 is 0 Å². The third-order valence-corrected chi connectivity index (χ3v) is 6.93. The second kappa shape index (κ2) is 16.1. The molecule has 1 fully saturated rings. The molecule has 0 aliphatic carbocycles. The number of hydrogen-bond donors (Lipinski definition) is 1. The van der Waals surface area contributed by atoms with E-state index in [0.29, 0.717) is 32.5 Å². The van der Waals surface area contributed by atoms with Gasteiger partial charge in [0.2, 0.25) is 5.91 Å². The summed E-state index contributed by atoms with van der Waals surface area (Å²) < 4.78 is 11.3. The highest BCUT2D eigenvalue weighted by Crippen LogP contribution is 2.16. The van der Waals surface area contributed by atoms with Crippen molar-refractivity contribution in [2.24, 2.45) is 0 Å². The maximum Gasteiger partial charge on any atom is 0.408 e. The molecule has 2 aromatic rings. The summed E-state index contributed by atoms with van der Waals surface area (Å²) in [7, 11) is 0. The van der Waals surface area contributed by atoms with Gasteiger partial charge in [-0.05, 0) is 75.6 Å². The normalized spacial score (nSPS) is 14.8. The van der Waals surface area contributed by atoms with Crippen LogP contribution in [0.3, 0.4) is 0 Å². The van der Waals surface area contributed by atoms with E-state index in [0.717, 1.165) is 62.2 Å². The Morgan fingerprint density at radius 3 is 2.27 bits per heavy atom. The molecule has 1 aromatic carbocycles. The first-order chi connectivity index (χ1) is 19.6. The van der Waals surface area contributed by atoms with Gasteiger partial charge in [-0.15, -0.1) is 0 Å². The van der Waals surface area contributed by atoms with Crippen LogP contribution in [-0.4, -0.2) is 83.5 Å². The summed E-state index contributed by atoms with van der Waals surface area (Å²) in [6.07, 6.45) is 7.70. The monoisotopic (exact) mass is 566 g/mol. The van der Waals surface area contributed by atoms with E-state index in [1.165, 1.54) is 0 Å². The number of hydrogen-bond acceptors (Lipinski definition) is 7. The largest absolute Gasteiger partial charge is 0.494 e. The molecule has 0 bridgehead atoms. The summed E-state index contributed by atoms with van der Waals surface area (Å²) in [5.41, 5.74) is 1.01. The van der Waals surface area contributed by atoms with Crippen molar-refractivity contribution in [1.82, 2.24) is 20.1 Å². The van der Waals surface area contributed by atoms with Gasteiger partial charge in [-0.25, -0.2) is 4.79 Å². The average molecular weight is 567 g/mol. The molecule has 1 aliphatic rings. The molecular formula is C32H46N4O5. The number of carbonyl (C=O) groups is 3. The summed E-state index contributed by atoms with van der Waals surface area (Å²) >= 11 is 0. The standard InChI is InChI=1S/C32H46N4O5/c1-5-6-7-9-29(37)26-10-12-27(13-11-26)40-23-8-18-35-19-21-36(22-20-35)30(38)28(24-25-14-16-33-17-15-25)34-31(39)41-32(2,3)4/h10-17,28H,5-9,18-24H2,1-4H3,(H,34,39)/t28-/m0/s1. The second-order valence-electron chi connectivity index (χ2n) is 11.5. The summed E-state index contributed by atoms with van der Waals surface area (Å²) in [4.78, 5) is 46.4. The summed E-state index contributed by atoms with van der Waals surface area (Å²) in [6.45, 7) is 11.7. The number of ether oxygens (including phenoxy) is 2. The molecule has 3 rings (SSSR count). The lowest BCUT2D eigenvalue weighted by molar-refractivity contribution is -0.135. The Labute approximate surface area is 244 Å². The highest BCUT2D eigenvalue weighted by atomic mass is 16.6. The third kappa shape index (κ3) is 11.5. The first-order valence-corrected chi connectivity index (χ1v) is 14.8. The number of pyridine rings is 1. The Balaban J connectivity index is 1.42. The molecule has 0 spiro atoms. The Morgan fingerprint density at radius 2 is 1.63 bits per heavy atom. The second-order valence-corrected chi connectivity index (χ2v) is 11.5. The van der Waals surface area contributed by atoms with E-state index in [4.69, 9.17) is 9.47 Å². The first-order valence-electron chi connectivity index (χ1n) is 14.8. The van der Waals surface area contributed by atoms with Crippen molar-refractivity contribution >= 4 is 17.8 Å². The third-order valence-electron chi connectivity index (χ3n) is 6.93. The first kappa shape index (κ1) is 32.1. The van der Waals surface area contributed by atoms with Crippen LogP contribution in [0, 0.1) is 0 Å². The van der Waals surface area contributed by atoms with Gasteiger partial charge in [-0.2, -0.15) is 0 Å². The van der Waals surface area contributed by atoms with Gasteiger partial charge in [0.25, 0.3) is 0 Å². The van der Waals surface area contributed by atoms with Crippen LogP contribution in [-0.2, 0) is 16.0 Å². The number of amides is 2. The number of Topliss-reactive ketones (excluding diaryl/α,β-unsaturated/α-hetero) is 1. The summed E-state index contributed by atoms with van der Waals surface area (Å²) in [5, 5.41) is 2.79. The Hall–Kier alpha value is -3.46. The maximum atomic E-state index is 13.4. The van der Waals surface area contributed by atoms with Crippen molar-refractivity contribution in [2.75, 3.05) is 39.3 Å². The number of carbonyl (C=O) groups excluding carboxylic acids is 3. The number of nitrogens with one attached hydrogen (secondary N) is 1. The smallest absolute Gasteiger partial charge is 0.408 e. The van der Waals surface area contributed by atoms with E-state index in [1.54, 1.807) is 33.2 Å². The van der Waals surface area contributed by atoms with Crippen LogP contribution in [0.15, 0.2) is 48.8 Å². The number of benzene rings is 1. The van der Waals surface area contributed by atoms with Crippen molar-refractivity contribution in [2.45, 2.75) is 77.9 Å². The molecule has 9 nitrogen and oxygen atoms in total. The SMILES string of the molecule is CCCCCC(=O)c1ccc(OCCCN2CCN(C(=O)[C@H](Cc3ccncc3)NC(=O)OC(C)(C)C)CC2)cc1. The Kier molecular flexibility index (Phi) is 12.6. The minimum absolute atomic E-state index is 0.108. The fourth-order valence-electron chi connectivity index (χ4n) is 4.71. The van der Waals surface area contributed by atoms with Crippen LogP contribution in [0.4, 0.5) is 4.79 Å².